The van der Waals surface area contributed by atoms with E-state index in [4.69, 9.17) is 0 Å². The van der Waals surface area contributed by atoms with Crippen LogP contribution in [0.4, 0.5) is 26.3 Å². The third-order valence-corrected chi connectivity index (χ3v) is 4.11. The Morgan fingerprint density at radius 3 is 2.30 bits per heavy atom. The molecular weight excluding hydrogens is 412 g/mol. The normalized spacial score (nSPS) is 12.9. The summed E-state index contributed by atoms with van der Waals surface area (Å²) < 4.78 is 79.2. The average Bonchev–Trinajstić information content (AvgIpc) is 2.96. The molecule has 0 aliphatic rings. The van der Waals surface area contributed by atoms with E-state index in [1.807, 2.05) is 0 Å². The van der Waals surface area contributed by atoms with Gasteiger partial charge in [0, 0.05) is 18.8 Å². The fraction of sp³-hybridized carbons (Fsp3) is 0.474. The van der Waals surface area contributed by atoms with Crippen LogP contribution in [0.3, 0.4) is 0 Å². The zero-order valence-corrected chi connectivity index (χ0v) is 16.7. The Kier molecular flexibility index (Phi) is 7.38. The average molecular weight is 435 g/mol. The summed E-state index contributed by atoms with van der Waals surface area (Å²) >= 11 is 0. The lowest BCUT2D eigenvalue weighted by atomic mass is 10.1. The molecule has 0 spiro atoms. The molecule has 2 aromatic rings. The number of rotatable bonds is 6. The first kappa shape index (κ1) is 23.6. The van der Waals surface area contributed by atoms with Gasteiger partial charge in [0.25, 0.3) is 0 Å². The quantitative estimate of drug-likeness (QED) is 0.399. The van der Waals surface area contributed by atoms with Crippen molar-refractivity contribution in [3.63, 3.8) is 0 Å². The zero-order valence-electron chi connectivity index (χ0n) is 16.7. The van der Waals surface area contributed by atoms with Crippen LogP contribution < -0.4 is 10.6 Å². The summed E-state index contributed by atoms with van der Waals surface area (Å²) in [5, 5.41) is 9.39. The number of aliphatic imine (C=N–C) groups is 1. The number of aromatic nitrogens is 2. The molecule has 0 atom stereocenters. The van der Waals surface area contributed by atoms with Gasteiger partial charge in [0.2, 0.25) is 0 Å². The standard InChI is InChI=1S/C19H23F6N5/c1-4-26-17(27-8-7-18(20,21)22)28-11-14-5-6-15(10-16(14)19(23,24)25)30-13(3)9-12(2)29-30/h5-6,9-10H,4,7-8,11H2,1-3H3,(H2,26,27,28). The van der Waals surface area contributed by atoms with Crippen molar-refractivity contribution in [2.24, 2.45) is 4.99 Å². The maximum atomic E-state index is 13.6. The molecule has 0 bridgehead atoms. The third kappa shape index (κ3) is 6.67. The summed E-state index contributed by atoms with van der Waals surface area (Å²) in [7, 11) is 0. The minimum atomic E-state index is -4.63. The third-order valence-electron chi connectivity index (χ3n) is 4.11. The number of nitrogens with zero attached hydrogens (tertiary/aromatic N) is 3. The highest BCUT2D eigenvalue weighted by Gasteiger charge is 2.34. The highest BCUT2D eigenvalue weighted by molar-refractivity contribution is 5.79. The molecule has 0 radical (unpaired) electrons. The Balaban J connectivity index is 2.28. The van der Waals surface area contributed by atoms with Gasteiger partial charge in [-0.25, -0.2) is 9.67 Å². The first-order valence-electron chi connectivity index (χ1n) is 9.23. The zero-order chi connectivity index (χ0) is 22.5. The van der Waals surface area contributed by atoms with E-state index in [0.29, 0.717) is 17.9 Å². The van der Waals surface area contributed by atoms with Gasteiger partial charge < -0.3 is 10.6 Å². The van der Waals surface area contributed by atoms with E-state index in [0.717, 1.165) is 6.07 Å². The molecule has 11 heteroatoms. The number of nitrogens with one attached hydrogen (secondary N) is 2. The van der Waals surface area contributed by atoms with Gasteiger partial charge in [0.15, 0.2) is 5.96 Å². The second-order valence-electron chi connectivity index (χ2n) is 6.67. The van der Waals surface area contributed by atoms with E-state index in [1.54, 1.807) is 26.8 Å². The van der Waals surface area contributed by atoms with E-state index >= 15 is 0 Å². The molecule has 1 aromatic carbocycles. The fourth-order valence-corrected chi connectivity index (χ4v) is 2.82. The molecule has 1 aromatic heterocycles. The van der Waals surface area contributed by atoms with Crippen molar-refractivity contribution >= 4 is 5.96 Å². The second-order valence-corrected chi connectivity index (χ2v) is 6.67. The van der Waals surface area contributed by atoms with E-state index in [2.05, 4.69) is 20.7 Å². The highest BCUT2D eigenvalue weighted by Crippen LogP contribution is 2.34. The number of hydrogen-bond donors (Lipinski definition) is 2. The molecule has 0 unspecified atom stereocenters. The first-order valence-corrected chi connectivity index (χ1v) is 9.23. The van der Waals surface area contributed by atoms with Crippen LogP contribution in [0.15, 0.2) is 29.3 Å². The topological polar surface area (TPSA) is 54.2 Å². The van der Waals surface area contributed by atoms with Crippen LogP contribution in [0, 0.1) is 13.8 Å². The summed E-state index contributed by atoms with van der Waals surface area (Å²) in [6.45, 7) is 4.74. The van der Waals surface area contributed by atoms with Gasteiger partial charge in [-0.1, -0.05) is 6.07 Å². The lowest BCUT2D eigenvalue weighted by Gasteiger charge is -2.16. The lowest BCUT2D eigenvalue weighted by molar-refractivity contribution is -0.138. The smallest absolute Gasteiger partial charge is 0.357 e. The minimum absolute atomic E-state index is 0.0116. The number of halogens is 6. The summed E-state index contributed by atoms with van der Waals surface area (Å²) in [6.07, 6.45) is -10.0. The summed E-state index contributed by atoms with van der Waals surface area (Å²) in [4.78, 5) is 4.01. The Bertz CT molecular complexity index is 883. The lowest BCUT2D eigenvalue weighted by Crippen LogP contribution is -2.38. The van der Waals surface area contributed by atoms with Crippen LogP contribution in [0.5, 0.6) is 0 Å². The van der Waals surface area contributed by atoms with Crippen LogP contribution >= 0.6 is 0 Å². The maximum Gasteiger partial charge on any atom is 0.416 e. The van der Waals surface area contributed by atoms with Gasteiger partial charge in [-0.15, -0.1) is 0 Å². The molecule has 0 aliphatic carbocycles. The van der Waals surface area contributed by atoms with Gasteiger partial charge in [-0.3, -0.25) is 0 Å². The van der Waals surface area contributed by atoms with Crippen molar-refractivity contribution in [2.75, 3.05) is 13.1 Å². The molecule has 2 N–H and O–H groups in total. The summed E-state index contributed by atoms with van der Waals surface area (Å²) in [5.41, 5.74) is 0.656. The van der Waals surface area contributed by atoms with Crippen LogP contribution in [-0.2, 0) is 12.7 Å². The largest absolute Gasteiger partial charge is 0.416 e. The van der Waals surface area contributed by atoms with Crippen molar-refractivity contribution in [2.45, 2.75) is 46.1 Å². The SMILES string of the molecule is CCNC(=NCc1ccc(-n2nc(C)cc2C)cc1C(F)(F)F)NCCC(F)(F)F. The molecule has 0 saturated carbocycles. The first-order chi connectivity index (χ1) is 13.9. The fourth-order valence-electron chi connectivity index (χ4n) is 2.82. The number of hydrogen-bond acceptors (Lipinski definition) is 2. The van der Waals surface area contributed by atoms with Gasteiger partial charge in [0.05, 0.1) is 29.9 Å². The molecule has 5 nitrogen and oxygen atoms in total. The number of guanidine groups is 1. The van der Waals surface area contributed by atoms with Gasteiger partial charge >= 0.3 is 12.4 Å². The molecule has 1 heterocycles. The molecule has 30 heavy (non-hydrogen) atoms. The van der Waals surface area contributed by atoms with Crippen molar-refractivity contribution < 1.29 is 26.3 Å². The van der Waals surface area contributed by atoms with Crippen molar-refractivity contribution in [1.82, 2.24) is 20.4 Å². The summed E-state index contributed by atoms with van der Waals surface area (Å²) in [5.74, 6) is 0.0116. The number of aryl methyl sites for hydroxylation is 2. The number of alkyl halides is 6. The van der Waals surface area contributed by atoms with Gasteiger partial charge in [0.1, 0.15) is 0 Å². The van der Waals surface area contributed by atoms with Crippen molar-refractivity contribution in [3.05, 3.63) is 46.8 Å². The van der Waals surface area contributed by atoms with Crippen LogP contribution in [0.2, 0.25) is 0 Å². The van der Waals surface area contributed by atoms with Crippen LogP contribution in [-0.4, -0.2) is 35.0 Å². The number of benzene rings is 1. The Labute approximate surface area is 170 Å². The predicted molar refractivity (Wildman–Crippen MR) is 102 cm³/mol. The molecule has 0 aliphatic heterocycles. The van der Waals surface area contributed by atoms with Crippen LogP contribution in [0.1, 0.15) is 35.9 Å². The minimum Gasteiger partial charge on any atom is -0.357 e. The van der Waals surface area contributed by atoms with E-state index in [9.17, 15) is 26.3 Å². The van der Waals surface area contributed by atoms with Gasteiger partial charge in [-0.05, 0) is 44.5 Å². The monoisotopic (exact) mass is 435 g/mol. The Morgan fingerprint density at radius 1 is 1.07 bits per heavy atom. The van der Waals surface area contributed by atoms with Crippen molar-refractivity contribution in [1.29, 1.82) is 0 Å². The Hall–Kier alpha value is -2.72. The second kappa shape index (κ2) is 9.40. The molecule has 166 valence electrons. The highest BCUT2D eigenvalue weighted by atomic mass is 19.4. The Morgan fingerprint density at radius 2 is 1.77 bits per heavy atom. The van der Waals surface area contributed by atoms with Crippen LogP contribution in [0.25, 0.3) is 5.69 Å². The molecule has 0 fully saturated rings. The van der Waals surface area contributed by atoms with E-state index in [1.165, 1.54) is 16.8 Å². The molecular formula is C19H23F6N5. The van der Waals surface area contributed by atoms with E-state index in [-0.39, 0.29) is 23.8 Å². The summed E-state index contributed by atoms with van der Waals surface area (Å²) in [6, 6.07) is 5.55. The van der Waals surface area contributed by atoms with E-state index < -0.39 is 30.9 Å². The molecule has 2 rings (SSSR count). The molecule has 0 amide bonds. The molecule has 0 saturated heterocycles. The van der Waals surface area contributed by atoms with Gasteiger partial charge in [-0.2, -0.15) is 31.4 Å². The van der Waals surface area contributed by atoms with Crippen molar-refractivity contribution in [3.8, 4) is 5.69 Å². The predicted octanol–water partition coefficient (Wildman–Crippen LogP) is 4.52. The maximum absolute atomic E-state index is 13.6.